The number of nitrogens with zero attached hydrogens (tertiary/aromatic N) is 4. The second-order valence-corrected chi connectivity index (χ2v) is 5.86. The Bertz CT molecular complexity index is 1100. The van der Waals surface area contributed by atoms with Gasteiger partial charge in [-0.05, 0) is 23.6 Å². The number of hydrogen-bond acceptors (Lipinski definition) is 4. The zero-order valence-electron chi connectivity index (χ0n) is 11.4. The van der Waals surface area contributed by atoms with E-state index in [0.717, 1.165) is 11.1 Å². The molecule has 0 fully saturated rings. The van der Waals surface area contributed by atoms with Crippen LogP contribution in [0, 0.1) is 11.3 Å². The van der Waals surface area contributed by atoms with Crippen LogP contribution in [0.5, 0.6) is 0 Å². The van der Waals surface area contributed by atoms with Crippen molar-refractivity contribution in [3.63, 3.8) is 0 Å². The molecule has 0 aliphatic rings. The minimum atomic E-state index is -0.0702. The van der Waals surface area contributed by atoms with Crippen LogP contribution in [0.15, 0.2) is 53.2 Å². The summed E-state index contributed by atoms with van der Waals surface area (Å²) in [5, 5.41) is 11.3. The van der Waals surface area contributed by atoms with Gasteiger partial charge in [0.15, 0.2) is 0 Å². The van der Waals surface area contributed by atoms with Gasteiger partial charge in [-0.1, -0.05) is 6.07 Å². The fourth-order valence-corrected chi connectivity index (χ4v) is 3.39. The first-order valence-electron chi connectivity index (χ1n) is 6.69. The fourth-order valence-electron chi connectivity index (χ4n) is 2.60. The Morgan fingerprint density at radius 2 is 2.23 bits per heavy atom. The summed E-state index contributed by atoms with van der Waals surface area (Å²) in [5.74, 6) is 0. The number of nitriles is 1. The smallest absolute Gasteiger partial charge is 0.271 e. The molecule has 6 heteroatoms. The number of hydrogen-bond donors (Lipinski definition) is 0. The van der Waals surface area contributed by atoms with Crippen LogP contribution in [-0.4, -0.2) is 14.0 Å². The number of thiophene rings is 1. The van der Waals surface area contributed by atoms with E-state index in [4.69, 9.17) is 0 Å². The molecule has 4 aromatic rings. The van der Waals surface area contributed by atoms with E-state index in [1.165, 1.54) is 11.3 Å². The molecule has 0 amide bonds. The molecule has 0 saturated heterocycles. The Balaban J connectivity index is 1.87. The van der Waals surface area contributed by atoms with Crippen molar-refractivity contribution in [2.75, 3.05) is 0 Å². The van der Waals surface area contributed by atoms with E-state index in [0.29, 0.717) is 22.3 Å². The summed E-state index contributed by atoms with van der Waals surface area (Å²) in [7, 11) is 0. The Labute approximate surface area is 129 Å². The summed E-state index contributed by atoms with van der Waals surface area (Å²) in [6.07, 6.45) is 5.32. The number of aromatic nitrogens is 3. The molecule has 4 rings (SSSR count). The lowest BCUT2D eigenvalue weighted by Gasteiger charge is -2.03. The van der Waals surface area contributed by atoms with Gasteiger partial charge in [0.2, 0.25) is 0 Å². The summed E-state index contributed by atoms with van der Waals surface area (Å²) in [6, 6.07) is 9.76. The third-order valence-corrected chi connectivity index (χ3v) is 4.54. The average molecular weight is 306 g/mol. The predicted molar refractivity (Wildman–Crippen MR) is 85.1 cm³/mol. The van der Waals surface area contributed by atoms with E-state index in [1.807, 2.05) is 46.4 Å². The molecule has 0 aromatic carbocycles. The highest BCUT2D eigenvalue weighted by molar-refractivity contribution is 7.17. The SMILES string of the molecule is N#Cc1c(Cn2cnc3ccsc3c2=O)cn2ccccc12. The standard InChI is InChI=1S/C16H10N4OS/c17-7-12-11(8-19-5-2-1-3-14(12)19)9-20-10-18-13-4-6-22-15(13)16(20)21/h1-6,8,10H,9H2. The maximum absolute atomic E-state index is 12.5. The van der Waals surface area contributed by atoms with Crippen LogP contribution in [0.25, 0.3) is 15.7 Å². The van der Waals surface area contributed by atoms with Crippen LogP contribution in [0.1, 0.15) is 11.1 Å². The molecule has 0 aliphatic heterocycles. The third-order valence-electron chi connectivity index (χ3n) is 3.65. The molecule has 0 N–H and O–H groups in total. The largest absolute Gasteiger partial charge is 0.322 e. The molecule has 22 heavy (non-hydrogen) atoms. The molecule has 0 unspecified atom stereocenters. The fraction of sp³-hybridized carbons (Fsp3) is 0.0625. The number of fused-ring (bicyclic) bond motifs is 2. The zero-order valence-corrected chi connectivity index (χ0v) is 12.2. The summed E-state index contributed by atoms with van der Waals surface area (Å²) in [6.45, 7) is 0.338. The molecule has 0 saturated carbocycles. The van der Waals surface area contributed by atoms with Gasteiger partial charge in [0, 0.05) is 18.0 Å². The monoisotopic (exact) mass is 306 g/mol. The summed E-state index contributed by atoms with van der Waals surface area (Å²) in [4.78, 5) is 16.7. The lowest BCUT2D eigenvalue weighted by molar-refractivity contribution is 0.748. The first-order chi connectivity index (χ1) is 10.8. The number of rotatable bonds is 2. The molecule has 0 radical (unpaired) electrons. The first kappa shape index (κ1) is 12.8. The lowest BCUT2D eigenvalue weighted by Crippen LogP contribution is -2.20. The highest BCUT2D eigenvalue weighted by Crippen LogP contribution is 2.19. The summed E-state index contributed by atoms with van der Waals surface area (Å²) < 4.78 is 4.09. The van der Waals surface area contributed by atoms with Gasteiger partial charge in [0.25, 0.3) is 5.56 Å². The zero-order chi connectivity index (χ0) is 15.1. The molecule has 0 spiro atoms. The van der Waals surface area contributed by atoms with Crippen LogP contribution in [0.3, 0.4) is 0 Å². The molecule has 4 heterocycles. The molecule has 5 nitrogen and oxygen atoms in total. The maximum atomic E-state index is 12.5. The van der Waals surface area contributed by atoms with Crippen LogP contribution >= 0.6 is 11.3 Å². The second-order valence-electron chi connectivity index (χ2n) is 4.95. The van der Waals surface area contributed by atoms with Crippen molar-refractivity contribution in [3.05, 3.63) is 69.8 Å². The normalized spacial score (nSPS) is 11.0. The van der Waals surface area contributed by atoms with E-state index in [-0.39, 0.29) is 5.56 Å². The van der Waals surface area contributed by atoms with Gasteiger partial charge in [-0.15, -0.1) is 11.3 Å². The summed E-state index contributed by atoms with van der Waals surface area (Å²) >= 11 is 1.39. The minimum absolute atomic E-state index is 0.0702. The first-order valence-corrected chi connectivity index (χ1v) is 7.57. The lowest BCUT2D eigenvalue weighted by atomic mass is 10.2. The summed E-state index contributed by atoms with van der Waals surface area (Å²) in [5.41, 5.74) is 2.90. The molecular weight excluding hydrogens is 296 g/mol. The molecule has 0 bridgehead atoms. The third kappa shape index (κ3) is 1.84. The van der Waals surface area contributed by atoms with Crippen molar-refractivity contribution in [1.82, 2.24) is 14.0 Å². The molecular formula is C16H10N4OS. The van der Waals surface area contributed by atoms with Crippen molar-refractivity contribution in [3.8, 4) is 6.07 Å². The van der Waals surface area contributed by atoms with E-state index in [2.05, 4.69) is 11.1 Å². The number of pyridine rings is 1. The van der Waals surface area contributed by atoms with Gasteiger partial charge in [-0.2, -0.15) is 5.26 Å². The van der Waals surface area contributed by atoms with Crippen LogP contribution in [0.4, 0.5) is 0 Å². The van der Waals surface area contributed by atoms with E-state index in [1.54, 1.807) is 10.9 Å². The van der Waals surface area contributed by atoms with Gasteiger partial charge < -0.3 is 4.40 Å². The topological polar surface area (TPSA) is 63.1 Å². The quantitative estimate of drug-likeness (QED) is 0.572. The van der Waals surface area contributed by atoms with E-state index in [9.17, 15) is 10.1 Å². The molecule has 4 aromatic heterocycles. The van der Waals surface area contributed by atoms with Crippen LogP contribution < -0.4 is 5.56 Å². The van der Waals surface area contributed by atoms with Gasteiger partial charge in [-0.3, -0.25) is 9.36 Å². The molecule has 0 aliphatic carbocycles. The van der Waals surface area contributed by atoms with Crippen molar-refractivity contribution in [2.24, 2.45) is 0 Å². The van der Waals surface area contributed by atoms with Gasteiger partial charge in [0.1, 0.15) is 10.8 Å². The Hall–Kier alpha value is -2.91. The maximum Gasteiger partial charge on any atom is 0.271 e. The van der Waals surface area contributed by atoms with E-state index < -0.39 is 0 Å². The average Bonchev–Trinajstić information content (AvgIpc) is 3.14. The van der Waals surface area contributed by atoms with Gasteiger partial charge >= 0.3 is 0 Å². The van der Waals surface area contributed by atoms with Gasteiger partial charge in [-0.25, -0.2) is 4.98 Å². The van der Waals surface area contributed by atoms with E-state index >= 15 is 0 Å². The minimum Gasteiger partial charge on any atom is -0.322 e. The highest BCUT2D eigenvalue weighted by atomic mass is 32.1. The van der Waals surface area contributed by atoms with Crippen LogP contribution in [0.2, 0.25) is 0 Å². The van der Waals surface area contributed by atoms with Crippen molar-refractivity contribution < 1.29 is 0 Å². The van der Waals surface area contributed by atoms with Crippen molar-refractivity contribution in [2.45, 2.75) is 6.54 Å². The van der Waals surface area contributed by atoms with Crippen molar-refractivity contribution in [1.29, 1.82) is 5.26 Å². The Morgan fingerprint density at radius 1 is 1.32 bits per heavy atom. The molecule has 0 atom stereocenters. The van der Waals surface area contributed by atoms with Gasteiger partial charge in [0.05, 0.1) is 29.5 Å². The van der Waals surface area contributed by atoms with Crippen LogP contribution in [-0.2, 0) is 6.54 Å². The highest BCUT2D eigenvalue weighted by Gasteiger charge is 2.12. The predicted octanol–water partition coefficient (Wildman–Crippen LogP) is 2.63. The second kappa shape index (κ2) is 4.83. The van der Waals surface area contributed by atoms with Crippen molar-refractivity contribution >= 4 is 27.1 Å². The Morgan fingerprint density at radius 3 is 3.09 bits per heavy atom. The molecule has 106 valence electrons. The Kier molecular flexibility index (Phi) is 2.81.